The van der Waals surface area contributed by atoms with E-state index in [4.69, 9.17) is 9.88 Å². The fourth-order valence-electron chi connectivity index (χ4n) is 3.41. The highest BCUT2D eigenvalue weighted by Gasteiger charge is 2.25. The number of nitrogens with two attached hydrogens (primary N) is 1. The van der Waals surface area contributed by atoms with Crippen molar-refractivity contribution < 1.29 is 22.7 Å². The van der Waals surface area contributed by atoms with Crippen molar-refractivity contribution in [3.8, 4) is 17.2 Å². The van der Waals surface area contributed by atoms with E-state index in [1.807, 2.05) is 31.2 Å². The number of sulfonamides is 1. The van der Waals surface area contributed by atoms with Gasteiger partial charge in [0.25, 0.3) is 0 Å². The monoisotopic (exact) mass is 524 g/mol. The van der Waals surface area contributed by atoms with Crippen molar-refractivity contribution in [3.63, 3.8) is 0 Å². The van der Waals surface area contributed by atoms with Crippen LogP contribution in [0, 0.1) is 25.2 Å². The lowest BCUT2D eigenvalue weighted by Crippen LogP contribution is -2.16. The summed E-state index contributed by atoms with van der Waals surface area (Å²) in [5.41, 5.74) is 3.23. The standard InChI is InChI=1S/C25H24N4O5S2/c1-4-34-25(31)22-16(3)28-24(20(13-26)23(22)17-7-5-15(2)6-8-17)35-14-21(30)29-18-9-11-19(12-10-18)36(27,32)33/h5-12H,4,14H2,1-3H3,(H,29,30)(H2,27,32,33). The maximum atomic E-state index is 12.8. The average Bonchev–Trinajstić information content (AvgIpc) is 2.82. The molecule has 0 bridgehead atoms. The highest BCUT2D eigenvalue weighted by Crippen LogP contribution is 2.35. The number of nitrogens with zero attached hydrogens (tertiary/aromatic N) is 2. The quantitative estimate of drug-likeness (QED) is 0.333. The molecule has 3 rings (SSSR count). The first-order chi connectivity index (χ1) is 17.0. The van der Waals surface area contributed by atoms with Crippen LogP contribution in [0.2, 0.25) is 0 Å². The van der Waals surface area contributed by atoms with E-state index in [0.29, 0.717) is 27.5 Å². The van der Waals surface area contributed by atoms with Crippen LogP contribution in [0.1, 0.15) is 34.1 Å². The summed E-state index contributed by atoms with van der Waals surface area (Å²) in [7, 11) is -3.84. The number of pyridine rings is 1. The number of nitriles is 1. The van der Waals surface area contributed by atoms with Crippen LogP contribution >= 0.6 is 11.8 Å². The lowest BCUT2D eigenvalue weighted by Gasteiger charge is -2.16. The zero-order valence-electron chi connectivity index (χ0n) is 19.9. The van der Waals surface area contributed by atoms with Gasteiger partial charge in [-0.1, -0.05) is 41.6 Å². The van der Waals surface area contributed by atoms with Crippen LogP contribution < -0.4 is 10.5 Å². The van der Waals surface area contributed by atoms with Crippen molar-refractivity contribution in [3.05, 3.63) is 70.9 Å². The maximum Gasteiger partial charge on any atom is 0.340 e. The number of nitrogens with one attached hydrogen (secondary N) is 1. The lowest BCUT2D eigenvalue weighted by molar-refractivity contribution is -0.113. The highest BCUT2D eigenvalue weighted by molar-refractivity contribution is 8.00. The number of anilines is 1. The van der Waals surface area contributed by atoms with Gasteiger partial charge >= 0.3 is 5.97 Å². The second-order valence-corrected chi connectivity index (χ2v) is 10.3. The molecule has 0 atom stereocenters. The maximum absolute atomic E-state index is 12.8. The van der Waals surface area contributed by atoms with Crippen molar-refractivity contribution in [1.29, 1.82) is 5.26 Å². The summed E-state index contributed by atoms with van der Waals surface area (Å²) in [6.07, 6.45) is 0. The molecule has 3 aromatic rings. The highest BCUT2D eigenvalue weighted by atomic mass is 32.2. The first-order valence-electron chi connectivity index (χ1n) is 10.8. The number of esters is 1. The lowest BCUT2D eigenvalue weighted by atomic mass is 9.94. The predicted molar refractivity (Wildman–Crippen MR) is 137 cm³/mol. The molecular weight excluding hydrogens is 500 g/mol. The summed E-state index contributed by atoms with van der Waals surface area (Å²) in [6.45, 7) is 5.45. The number of benzene rings is 2. The molecule has 9 nitrogen and oxygen atoms in total. The third-order valence-corrected chi connectivity index (χ3v) is 6.99. The number of amides is 1. The zero-order valence-corrected chi connectivity index (χ0v) is 21.5. The van der Waals surface area contributed by atoms with Gasteiger partial charge in [-0.25, -0.2) is 23.3 Å². The number of rotatable bonds is 8. The molecule has 2 aromatic carbocycles. The number of aryl methyl sites for hydroxylation is 2. The van der Waals surface area contributed by atoms with Crippen molar-refractivity contribution in [1.82, 2.24) is 4.98 Å². The Bertz CT molecular complexity index is 1450. The average molecular weight is 525 g/mol. The molecule has 0 spiro atoms. The number of aromatic nitrogens is 1. The minimum atomic E-state index is -3.84. The molecule has 11 heteroatoms. The number of ether oxygens (including phenoxy) is 1. The van der Waals surface area contributed by atoms with E-state index in [2.05, 4.69) is 16.4 Å². The second-order valence-electron chi connectivity index (χ2n) is 7.73. The number of hydrogen-bond acceptors (Lipinski definition) is 8. The molecular formula is C25H24N4O5S2. The van der Waals surface area contributed by atoms with Crippen LogP contribution in [0.4, 0.5) is 5.69 Å². The Balaban J connectivity index is 1.92. The fraction of sp³-hybridized carbons (Fsp3) is 0.200. The third-order valence-electron chi connectivity index (χ3n) is 5.08. The van der Waals surface area contributed by atoms with E-state index in [0.717, 1.165) is 17.3 Å². The molecule has 1 amide bonds. The molecule has 3 N–H and O–H groups in total. The molecule has 0 aliphatic heterocycles. The normalized spacial score (nSPS) is 11.0. The van der Waals surface area contributed by atoms with E-state index in [1.54, 1.807) is 13.8 Å². The number of primary sulfonamides is 1. The predicted octanol–water partition coefficient (Wildman–Crippen LogP) is 3.79. The molecule has 0 unspecified atom stereocenters. The molecule has 0 saturated heterocycles. The molecule has 0 aliphatic carbocycles. The van der Waals surface area contributed by atoms with Crippen LogP contribution in [-0.4, -0.2) is 37.6 Å². The number of carbonyl (C=O) groups excluding carboxylic acids is 2. The Hall–Kier alpha value is -3.72. The molecule has 1 aromatic heterocycles. The molecule has 0 radical (unpaired) electrons. The number of carbonyl (C=O) groups is 2. The van der Waals surface area contributed by atoms with Gasteiger partial charge in [-0.2, -0.15) is 5.26 Å². The molecule has 0 fully saturated rings. The van der Waals surface area contributed by atoms with Gasteiger partial charge in [0, 0.05) is 11.3 Å². The number of thioether (sulfide) groups is 1. The Labute approximate surface area is 213 Å². The molecule has 0 aliphatic rings. The van der Waals surface area contributed by atoms with Gasteiger partial charge in [-0.3, -0.25) is 4.79 Å². The Morgan fingerprint density at radius 2 is 1.75 bits per heavy atom. The summed E-state index contributed by atoms with van der Waals surface area (Å²) < 4.78 is 28.0. The summed E-state index contributed by atoms with van der Waals surface area (Å²) in [6, 6.07) is 15.0. The van der Waals surface area contributed by atoms with E-state index >= 15 is 0 Å². The zero-order chi connectivity index (χ0) is 26.5. The van der Waals surface area contributed by atoms with E-state index < -0.39 is 21.9 Å². The van der Waals surface area contributed by atoms with Crippen LogP contribution in [0.3, 0.4) is 0 Å². The van der Waals surface area contributed by atoms with Gasteiger partial charge in [0.05, 0.1) is 34.1 Å². The Morgan fingerprint density at radius 1 is 1.11 bits per heavy atom. The van der Waals surface area contributed by atoms with Crippen LogP contribution in [-0.2, 0) is 19.6 Å². The van der Waals surface area contributed by atoms with Gasteiger partial charge in [0.2, 0.25) is 15.9 Å². The van der Waals surface area contributed by atoms with Crippen LogP contribution in [0.25, 0.3) is 11.1 Å². The minimum absolute atomic E-state index is 0.0708. The van der Waals surface area contributed by atoms with Gasteiger partial charge in [0.15, 0.2) is 0 Å². The second kappa shape index (κ2) is 11.3. The first kappa shape index (κ1) is 26.9. The first-order valence-corrected chi connectivity index (χ1v) is 13.3. The molecule has 1 heterocycles. The van der Waals surface area contributed by atoms with Crippen molar-refractivity contribution in [2.24, 2.45) is 5.14 Å². The molecule has 0 saturated carbocycles. The summed E-state index contributed by atoms with van der Waals surface area (Å²) in [5, 5.41) is 18.1. The fourth-order valence-corrected chi connectivity index (χ4v) is 4.75. The summed E-state index contributed by atoms with van der Waals surface area (Å²) in [4.78, 5) is 29.7. The van der Waals surface area contributed by atoms with Gasteiger partial charge in [0.1, 0.15) is 11.1 Å². The van der Waals surface area contributed by atoms with E-state index in [1.165, 1.54) is 24.3 Å². The van der Waals surface area contributed by atoms with Crippen molar-refractivity contribution in [2.45, 2.75) is 30.7 Å². The SMILES string of the molecule is CCOC(=O)c1c(C)nc(SCC(=O)Nc2ccc(S(N)(=O)=O)cc2)c(C#N)c1-c1ccc(C)cc1. The Kier molecular flexibility index (Phi) is 8.47. The van der Waals surface area contributed by atoms with Crippen molar-refractivity contribution >= 4 is 39.3 Å². The van der Waals surface area contributed by atoms with Crippen LogP contribution in [0.15, 0.2) is 58.5 Å². The molecule has 36 heavy (non-hydrogen) atoms. The van der Waals surface area contributed by atoms with Crippen LogP contribution in [0.5, 0.6) is 0 Å². The third kappa shape index (κ3) is 6.28. The minimum Gasteiger partial charge on any atom is -0.462 e. The van der Waals surface area contributed by atoms with E-state index in [9.17, 15) is 23.3 Å². The molecule has 186 valence electrons. The summed E-state index contributed by atoms with van der Waals surface area (Å²) >= 11 is 1.05. The largest absolute Gasteiger partial charge is 0.462 e. The number of hydrogen-bond donors (Lipinski definition) is 2. The smallest absolute Gasteiger partial charge is 0.340 e. The van der Waals surface area contributed by atoms with Crippen molar-refractivity contribution in [2.75, 3.05) is 17.7 Å². The van der Waals surface area contributed by atoms with Gasteiger partial charge in [-0.05, 0) is 50.6 Å². The Morgan fingerprint density at radius 3 is 2.31 bits per heavy atom. The van der Waals surface area contributed by atoms with Gasteiger partial charge < -0.3 is 10.1 Å². The summed E-state index contributed by atoms with van der Waals surface area (Å²) in [5.74, 6) is -1.05. The van der Waals surface area contributed by atoms with E-state index in [-0.39, 0.29) is 28.4 Å². The van der Waals surface area contributed by atoms with Gasteiger partial charge in [-0.15, -0.1) is 0 Å². The topological polar surface area (TPSA) is 152 Å².